The Balaban J connectivity index is 1.72. The first-order chi connectivity index (χ1) is 10.1. The number of carboxylic acids is 1. The molecule has 0 bridgehead atoms. The lowest BCUT2D eigenvalue weighted by atomic mass is 9.74. The van der Waals surface area contributed by atoms with E-state index in [1.54, 1.807) is 0 Å². The van der Waals surface area contributed by atoms with Gasteiger partial charge in [0.15, 0.2) is 0 Å². The van der Waals surface area contributed by atoms with Gasteiger partial charge in [0.2, 0.25) is 5.91 Å². The number of piperidine rings is 1. The summed E-state index contributed by atoms with van der Waals surface area (Å²) in [5.41, 5.74) is -0.720. The number of carbonyl (C=O) groups is 2. The van der Waals surface area contributed by atoms with Gasteiger partial charge in [-0.2, -0.15) is 0 Å². The second kappa shape index (κ2) is 7.78. The molecular formula is C16H28N2O3. The van der Waals surface area contributed by atoms with E-state index in [9.17, 15) is 14.7 Å². The van der Waals surface area contributed by atoms with E-state index in [1.165, 1.54) is 0 Å². The van der Waals surface area contributed by atoms with Crippen LogP contribution in [0.4, 0.5) is 0 Å². The lowest BCUT2D eigenvalue weighted by molar-refractivity contribution is -0.151. The molecule has 3 N–H and O–H groups in total. The van der Waals surface area contributed by atoms with E-state index in [-0.39, 0.29) is 5.91 Å². The van der Waals surface area contributed by atoms with Crippen LogP contribution in [0.1, 0.15) is 57.8 Å². The average molecular weight is 296 g/mol. The number of hydrogen-bond donors (Lipinski definition) is 3. The van der Waals surface area contributed by atoms with Crippen molar-refractivity contribution in [1.29, 1.82) is 0 Å². The molecule has 1 aliphatic carbocycles. The molecule has 1 saturated heterocycles. The molecule has 120 valence electrons. The van der Waals surface area contributed by atoms with Crippen LogP contribution in [0.15, 0.2) is 0 Å². The SMILES string of the molecule is O=C(CCC1CCNCC1)NCC1(C(=O)O)CCCCC1. The minimum Gasteiger partial charge on any atom is -0.481 e. The Morgan fingerprint density at radius 3 is 2.43 bits per heavy atom. The largest absolute Gasteiger partial charge is 0.481 e. The smallest absolute Gasteiger partial charge is 0.311 e. The third-order valence-electron chi connectivity index (χ3n) is 5.13. The summed E-state index contributed by atoms with van der Waals surface area (Å²) in [4.78, 5) is 23.5. The summed E-state index contributed by atoms with van der Waals surface area (Å²) in [7, 11) is 0. The minimum absolute atomic E-state index is 0.0136. The summed E-state index contributed by atoms with van der Waals surface area (Å²) in [5, 5.41) is 15.7. The van der Waals surface area contributed by atoms with Crippen molar-refractivity contribution in [3.05, 3.63) is 0 Å². The van der Waals surface area contributed by atoms with Crippen LogP contribution in [0.2, 0.25) is 0 Å². The van der Waals surface area contributed by atoms with Gasteiger partial charge in [-0.15, -0.1) is 0 Å². The number of carboxylic acid groups (broad SMARTS) is 1. The third-order valence-corrected chi connectivity index (χ3v) is 5.13. The first-order valence-electron chi connectivity index (χ1n) is 8.33. The highest BCUT2D eigenvalue weighted by molar-refractivity contribution is 5.79. The molecule has 0 spiro atoms. The van der Waals surface area contributed by atoms with Crippen molar-refractivity contribution in [2.24, 2.45) is 11.3 Å². The number of hydrogen-bond acceptors (Lipinski definition) is 3. The van der Waals surface area contributed by atoms with Crippen LogP contribution in [0, 0.1) is 11.3 Å². The molecule has 5 heteroatoms. The highest BCUT2D eigenvalue weighted by atomic mass is 16.4. The van der Waals surface area contributed by atoms with Crippen LogP contribution >= 0.6 is 0 Å². The van der Waals surface area contributed by atoms with Gasteiger partial charge in [-0.3, -0.25) is 9.59 Å². The summed E-state index contributed by atoms with van der Waals surface area (Å²) in [6, 6.07) is 0. The molecule has 1 aliphatic heterocycles. The molecular weight excluding hydrogens is 268 g/mol. The van der Waals surface area contributed by atoms with Crippen molar-refractivity contribution in [3.63, 3.8) is 0 Å². The summed E-state index contributed by atoms with van der Waals surface area (Å²) < 4.78 is 0. The van der Waals surface area contributed by atoms with Crippen molar-refractivity contribution in [2.75, 3.05) is 19.6 Å². The van der Waals surface area contributed by atoms with E-state index in [4.69, 9.17) is 0 Å². The van der Waals surface area contributed by atoms with E-state index < -0.39 is 11.4 Å². The fourth-order valence-corrected chi connectivity index (χ4v) is 3.56. The zero-order valence-electron chi connectivity index (χ0n) is 12.8. The standard InChI is InChI=1S/C16H28N2O3/c19-14(5-4-13-6-10-17-11-7-13)18-12-16(15(20)21)8-2-1-3-9-16/h13,17H,1-12H2,(H,18,19)(H,20,21). The van der Waals surface area contributed by atoms with Crippen LogP contribution in [-0.4, -0.2) is 36.6 Å². The maximum absolute atomic E-state index is 12.0. The Hall–Kier alpha value is -1.10. The minimum atomic E-state index is -0.749. The lowest BCUT2D eigenvalue weighted by Crippen LogP contribution is -2.44. The van der Waals surface area contributed by atoms with Crippen molar-refractivity contribution < 1.29 is 14.7 Å². The topological polar surface area (TPSA) is 78.4 Å². The molecule has 2 rings (SSSR count). The Kier molecular flexibility index (Phi) is 6.03. The summed E-state index contributed by atoms with van der Waals surface area (Å²) >= 11 is 0. The highest BCUT2D eigenvalue weighted by Crippen LogP contribution is 2.36. The molecule has 0 radical (unpaired) electrons. The number of aliphatic carboxylic acids is 1. The molecule has 0 atom stereocenters. The molecule has 0 aromatic heterocycles. The predicted molar refractivity (Wildman–Crippen MR) is 81.0 cm³/mol. The number of carbonyl (C=O) groups excluding carboxylic acids is 1. The lowest BCUT2D eigenvalue weighted by Gasteiger charge is -2.33. The molecule has 0 aromatic rings. The van der Waals surface area contributed by atoms with Gasteiger partial charge in [-0.1, -0.05) is 19.3 Å². The molecule has 2 fully saturated rings. The normalized spacial score (nSPS) is 22.7. The van der Waals surface area contributed by atoms with Gasteiger partial charge in [-0.25, -0.2) is 0 Å². The van der Waals surface area contributed by atoms with Crippen LogP contribution in [0.25, 0.3) is 0 Å². The molecule has 1 heterocycles. The van der Waals surface area contributed by atoms with Crippen molar-refractivity contribution in [2.45, 2.75) is 57.8 Å². The van der Waals surface area contributed by atoms with Crippen molar-refractivity contribution in [1.82, 2.24) is 10.6 Å². The fourth-order valence-electron chi connectivity index (χ4n) is 3.56. The van der Waals surface area contributed by atoms with Gasteiger partial charge in [0.05, 0.1) is 5.41 Å². The Bertz CT molecular complexity index is 359. The maximum atomic E-state index is 12.0. The fraction of sp³-hybridized carbons (Fsp3) is 0.875. The van der Waals surface area contributed by atoms with E-state index in [0.717, 1.165) is 51.6 Å². The van der Waals surface area contributed by atoms with E-state index in [1.807, 2.05) is 0 Å². The number of amides is 1. The van der Waals surface area contributed by atoms with Crippen LogP contribution < -0.4 is 10.6 Å². The average Bonchev–Trinajstić information content (AvgIpc) is 2.52. The summed E-state index contributed by atoms with van der Waals surface area (Å²) in [6.45, 7) is 2.40. The van der Waals surface area contributed by atoms with Gasteiger partial charge < -0.3 is 15.7 Å². The molecule has 0 aromatic carbocycles. The molecule has 1 amide bonds. The number of nitrogens with one attached hydrogen (secondary N) is 2. The molecule has 21 heavy (non-hydrogen) atoms. The van der Waals surface area contributed by atoms with Gasteiger partial charge in [0.25, 0.3) is 0 Å². The Labute approximate surface area is 126 Å². The highest BCUT2D eigenvalue weighted by Gasteiger charge is 2.39. The molecule has 1 saturated carbocycles. The summed E-state index contributed by atoms with van der Waals surface area (Å²) in [5.74, 6) is -0.0966. The predicted octanol–water partition coefficient (Wildman–Crippen LogP) is 1.92. The van der Waals surface area contributed by atoms with Crippen molar-refractivity contribution >= 4 is 11.9 Å². The second-order valence-electron chi connectivity index (χ2n) is 6.65. The monoisotopic (exact) mass is 296 g/mol. The first kappa shape index (κ1) is 16.3. The third kappa shape index (κ3) is 4.70. The zero-order chi connectivity index (χ0) is 15.1. The van der Waals surface area contributed by atoms with Crippen LogP contribution in [0.3, 0.4) is 0 Å². The van der Waals surface area contributed by atoms with Crippen LogP contribution in [-0.2, 0) is 9.59 Å². The second-order valence-corrected chi connectivity index (χ2v) is 6.65. The molecule has 0 unspecified atom stereocenters. The van der Waals surface area contributed by atoms with Gasteiger partial charge >= 0.3 is 5.97 Å². The van der Waals surface area contributed by atoms with Crippen LogP contribution in [0.5, 0.6) is 0 Å². The Morgan fingerprint density at radius 1 is 1.14 bits per heavy atom. The van der Waals surface area contributed by atoms with E-state index >= 15 is 0 Å². The van der Waals surface area contributed by atoms with Crippen molar-refractivity contribution in [3.8, 4) is 0 Å². The molecule has 5 nitrogen and oxygen atoms in total. The number of rotatable bonds is 6. The van der Waals surface area contributed by atoms with E-state index in [2.05, 4.69) is 10.6 Å². The van der Waals surface area contributed by atoms with E-state index in [0.29, 0.717) is 31.7 Å². The molecule has 2 aliphatic rings. The Morgan fingerprint density at radius 2 is 1.81 bits per heavy atom. The zero-order valence-corrected chi connectivity index (χ0v) is 12.8. The maximum Gasteiger partial charge on any atom is 0.311 e. The van der Waals surface area contributed by atoms with Gasteiger partial charge in [0, 0.05) is 13.0 Å². The quantitative estimate of drug-likeness (QED) is 0.699. The van der Waals surface area contributed by atoms with Gasteiger partial charge in [-0.05, 0) is 51.1 Å². The summed E-state index contributed by atoms with van der Waals surface area (Å²) in [6.07, 6.45) is 8.15. The van der Waals surface area contributed by atoms with Gasteiger partial charge in [0.1, 0.15) is 0 Å². The first-order valence-corrected chi connectivity index (χ1v) is 8.33.